The Morgan fingerprint density at radius 1 is 1.19 bits per heavy atom. The van der Waals surface area contributed by atoms with Gasteiger partial charge >= 0.3 is 0 Å². The number of hydrogen-bond donors (Lipinski definition) is 1. The maximum atomic E-state index is 6.14. The van der Waals surface area contributed by atoms with E-state index in [4.69, 9.17) is 22.1 Å². The molecule has 0 amide bonds. The lowest BCUT2D eigenvalue weighted by Crippen LogP contribution is -1.85. The summed E-state index contributed by atoms with van der Waals surface area (Å²) in [5.74, 6) is 0.834. The van der Waals surface area contributed by atoms with Gasteiger partial charge in [-0.2, -0.15) is 0 Å². The number of fused-ring (bicyclic) bond motifs is 1. The Bertz CT molecular complexity index is 826. The molecule has 0 aliphatic heterocycles. The number of nitrogens with two attached hydrogens (primary N) is 1. The van der Waals surface area contributed by atoms with E-state index in [0.29, 0.717) is 10.7 Å². The number of rotatable bonds is 3. The minimum atomic E-state index is 0.670. The number of halogens is 1. The molecule has 3 rings (SSSR count). The van der Waals surface area contributed by atoms with E-state index in [1.54, 1.807) is 30.6 Å². The van der Waals surface area contributed by atoms with E-state index in [2.05, 4.69) is 4.98 Å². The molecule has 0 aliphatic carbocycles. The maximum absolute atomic E-state index is 6.14. The highest BCUT2D eigenvalue weighted by molar-refractivity contribution is 7.19. The van der Waals surface area contributed by atoms with Gasteiger partial charge in [-0.15, -0.1) is 11.3 Å². The zero-order chi connectivity index (χ0) is 14.8. The SMILES string of the molecule is COc1ccc2nc(C=Cc3cc(N)ccc3Cl)sc2c1. The second-order valence-electron chi connectivity index (χ2n) is 4.50. The van der Waals surface area contributed by atoms with E-state index in [0.717, 1.165) is 26.5 Å². The van der Waals surface area contributed by atoms with E-state index >= 15 is 0 Å². The molecule has 0 spiro atoms. The summed E-state index contributed by atoms with van der Waals surface area (Å²) < 4.78 is 6.31. The first-order chi connectivity index (χ1) is 10.2. The van der Waals surface area contributed by atoms with Crippen LogP contribution >= 0.6 is 22.9 Å². The van der Waals surface area contributed by atoms with Gasteiger partial charge in [0, 0.05) is 10.7 Å². The molecule has 3 nitrogen and oxygen atoms in total. The van der Waals surface area contributed by atoms with Crippen LogP contribution in [0.1, 0.15) is 10.6 Å². The standard InChI is InChI=1S/C16H13ClN2OS/c1-20-12-4-6-14-15(9-12)21-16(19-14)7-2-10-8-11(18)3-5-13(10)17/h2-9H,18H2,1H3. The largest absolute Gasteiger partial charge is 0.497 e. The van der Waals surface area contributed by atoms with Crippen molar-refractivity contribution in [1.29, 1.82) is 0 Å². The molecule has 2 aromatic carbocycles. The average molecular weight is 317 g/mol. The lowest BCUT2D eigenvalue weighted by Gasteiger charge is -1.99. The number of aromatic nitrogens is 1. The van der Waals surface area contributed by atoms with Crippen LogP contribution < -0.4 is 10.5 Å². The Kier molecular flexibility index (Phi) is 3.82. The van der Waals surface area contributed by atoms with Crippen LogP contribution in [0.2, 0.25) is 5.02 Å². The van der Waals surface area contributed by atoms with Crippen molar-refractivity contribution in [2.75, 3.05) is 12.8 Å². The van der Waals surface area contributed by atoms with Gasteiger partial charge in [-0.3, -0.25) is 0 Å². The van der Waals surface area contributed by atoms with Gasteiger partial charge in [0.15, 0.2) is 0 Å². The van der Waals surface area contributed by atoms with Gasteiger partial charge in [0.2, 0.25) is 0 Å². The summed E-state index contributed by atoms with van der Waals surface area (Å²) in [5.41, 5.74) is 8.30. The van der Waals surface area contributed by atoms with Crippen LogP contribution in [0.4, 0.5) is 5.69 Å². The van der Waals surface area contributed by atoms with E-state index in [-0.39, 0.29) is 0 Å². The Balaban J connectivity index is 1.94. The number of methoxy groups -OCH3 is 1. The van der Waals surface area contributed by atoms with E-state index in [1.807, 2.05) is 36.4 Å². The zero-order valence-corrected chi connectivity index (χ0v) is 12.9. The fourth-order valence-corrected chi connectivity index (χ4v) is 3.05. The molecule has 3 aromatic rings. The molecule has 0 saturated carbocycles. The minimum absolute atomic E-state index is 0.670. The molecular weight excluding hydrogens is 304 g/mol. The highest BCUT2D eigenvalue weighted by Crippen LogP contribution is 2.28. The van der Waals surface area contributed by atoms with E-state index in [9.17, 15) is 0 Å². The quantitative estimate of drug-likeness (QED) is 0.712. The van der Waals surface area contributed by atoms with Crippen molar-refractivity contribution in [1.82, 2.24) is 4.98 Å². The molecule has 0 fully saturated rings. The third kappa shape index (κ3) is 3.01. The molecule has 0 radical (unpaired) electrons. The van der Waals surface area contributed by atoms with Gasteiger partial charge in [-0.1, -0.05) is 17.7 Å². The van der Waals surface area contributed by atoms with Crippen LogP contribution in [0.3, 0.4) is 0 Å². The predicted octanol–water partition coefficient (Wildman–Crippen LogP) is 4.71. The molecule has 106 valence electrons. The van der Waals surface area contributed by atoms with Crippen LogP contribution in [0.5, 0.6) is 5.75 Å². The van der Waals surface area contributed by atoms with Crippen molar-refractivity contribution in [3.8, 4) is 5.75 Å². The summed E-state index contributed by atoms with van der Waals surface area (Å²) in [5, 5.41) is 1.58. The van der Waals surface area contributed by atoms with Crippen LogP contribution in [-0.2, 0) is 0 Å². The highest BCUT2D eigenvalue weighted by Gasteiger charge is 2.03. The van der Waals surface area contributed by atoms with Gasteiger partial charge in [0.05, 0.1) is 17.3 Å². The minimum Gasteiger partial charge on any atom is -0.497 e. The fraction of sp³-hybridized carbons (Fsp3) is 0.0625. The topological polar surface area (TPSA) is 48.1 Å². The Hall–Kier alpha value is -2.04. The molecule has 1 heterocycles. The molecule has 0 aliphatic rings. The number of anilines is 1. The highest BCUT2D eigenvalue weighted by atomic mass is 35.5. The summed E-state index contributed by atoms with van der Waals surface area (Å²) in [6, 6.07) is 11.3. The van der Waals surface area contributed by atoms with Gasteiger partial charge in [0.1, 0.15) is 10.8 Å². The van der Waals surface area contributed by atoms with Crippen molar-refractivity contribution in [2.24, 2.45) is 0 Å². The number of ether oxygens (including phenoxy) is 1. The number of thiazole rings is 1. The molecule has 0 bridgehead atoms. The van der Waals surface area contributed by atoms with Crippen molar-refractivity contribution in [3.05, 3.63) is 52.0 Å². The first-order valence-electron chi connectivity index (χ1n) is 6.33. The normalized spacial score (nSPS) is 11.3. The Morgan fingerprint density at radius 3 is 2.86 bits per heavy atom. The van der Waals surface area contributed by atoms with Gasteiger partial charge in [-0.25, -0.2) is 4.98 Å². The molecule has 2 N–H and O–H groups in total. The Morgan fingerprint density at radius 2 is 2.05 bits per heavy atom. The third-order valence-electron chi connectivity index (χ3n) is 3.04. The molecular formula is C16H13ClN2OS. The molecule has 0 saturated heterocycles. The molecule has 1 aromatic heterocycles. The van der Waals surface area contributed by atoms with Crippen molar-refractivity contribution < 1.29 is 4.74 Å². The third-order valence-corrected chi connectivity index (χ3v) is 4.37. The Labute approximate surface area is 131 Å². The second-order valence-corrected chi connectivity index (χ2v) is 5.97. The monoisotopic (exact) mass is 316 g/mol. The van der Waals surface area contributed by atoms with Gasteiger partial charge < -0.3 is 10.5 Å². The zero-order valence-electron chi connectivity index (χ0n) is 11.3. The number of benzene rings is 2. The number of nitrogen functional groups attached to an aromatic ring is 1. The number of hydrogen-bond acceptors (Lipinski definition) is 4. The van der Waals surface area contributed by atoms with Crippen LogP contribution in [0.25, 0.3) is 22.4 Å². The molecule has 5 heteroatoms. The van der Waals surface area contributed by atoms with Crippen molar-refractivity contribution >= 4 is 51.0 Å². The van der Waals surface area contributed by atoms with Crippen molar-refractivity contribution in [2.45, 2.75) is 0 Å². The molecule has 0 unspecified atom stereocenters. The van der Waals surface area contributed by atoms with E-state index < -0.39 is 0 Å². The lowest BCUT2D eigenvalue weighted by atomic mass is 10.2. The summed E-state index contributed by atoms with van der Waals surface area (Å²) in [6.07, 6.45) is 3.87. The summed E-state index contributed by atoms with van der Waals surface area (Å²) in [7, 11) is 1.66. The fourth-order valence-electron chi connectivity index (χ4n) is 1.97. The smallest absolute Gasteiger partial charge is 0.120 e. The summed E-state index contributed by atoms with van der Waals surface area (Å²) >= 11 is 7.74. The molecule has 0 atom stereocenters. The van der Waals surface area contributed by atoms with Gasteiger partial charge in [-0.05, 0) is 48.0 Å². The number of nitrogens with zero attached hydrogens (tertiary/aromatic N) is 1. The first-order valence-corrected chi connectivity index (χ1v) is 7.53. The van der Waals surface area contributed by atoms with E-state index in [1.165, 1.54) is 0 Å². The summed E-state index contributed by atoms with van der Waals surface area (Å²) in [4.78, 5) is 4.56. The summed E-state index contributed by atoms with van der Waals surface area (Å²) in [6.45, 7) is 0. The first kappa shape index (κ1) is 13.9. The maximum Gasteiger partial charge on any atom is 0.120 e. The van der Waals surface area contributed by atoms with Crippen LogP contribution in [-0.4, -0.2) is 12.1 Å². The molecule has 21 heavy (non-hydrogen) atoms. The van der Waals surface area contributed by atoms with Gasteiger partial charge in [0.25, 0.3) is 0 Å². The predicted molar refractivity (Wildman–Crippen MR) is 91.0 cm³/mol. The average Bonchev–Trinajstić information content (AvgIpc) is 2.89. The van der Waals surface area contributed by atoms with Crippen molar-refractivity contribution in [3.63, 3.8) is 0 Å². The van der Waals surface area contributed by atoms with Crippen LogP contribution in [0.15, 0.2) is 36.4 Å². The lowest BCUT2D eigenvalue weighted by molar-refractivity contribution is 0.415. The second kappa shape index (κ2) is 5.76. The van der Waals surface area contributed by atoms with Crippen LogP contribution in [0, 0.1) is 0 Å².